The van der Waals surface area contributed by atoms with Gasteiger partial charge in [0.25, 0.3) is 5.92 Å². The molecule has 1 N–H and O–H groups in total. The Labute approximate surface area is 105 Å². The second kappa shape index (κ2) is 5.31. The molecular formula is C14H18F3N. The van der Waals surface area contributed by atoms with E-state index >= 15 is 0 Å². The van der Waals surface area contributed by atoms with Crippen LogP contribution < -0.4 is 5.32 Å². The van der Waals surface area contributed by atoms with Crippen molar-refractivity contribution in [1.82, 2.24) is 5.32 Å². The van der Waals surface area contributed by atoms with Gasteiger partial charge in [-0.3, -0.25) is 0 Å². The molecule has 0 saturated carbocycles. The van der Waals surface area contributed by atoms with Gasteiger partial charge in [-0.25, -0.2) is 13.2 Å². The molecule has 1 nitrogen and oxygen atoms in total. The van der Waals surface area contributed by atoms with Gasteiger partial charge in [0.15, 0.2) is 0 Å². The van der Waals surface area contributed by atoms with Gasteiger partial charge < -0.3 is 5.32 Å². The molecule has 0 amide bonds. The molecule has 0 aromatic heterocycles. The fourth-order valence-corrected chi connectivity index (χ4v) is 2.37. The molecule has 4 heteroatoms. The first-order chi connectivity index (χ1) is 8.47. The Bertz CT molecular complexity index is 406. The molecule has 0 radical (unpaired) electrons. The third kappa shape index (κ3) is 3.25. The van der Waals surface area contributed by atoms with Crippen molar-refractivity contribution in [3.8, 4) is 0 Å². The maximum Gasteiger partial charge on any atom is 0.270 e. The minimum atomic E-state index is -2.91. The number of benzene rings is 1. The zero-order valence-electron chi connectivity index (χ0n) is 10.5. The molecule has 100 valence electrons. The first kappa shape index (κ1) is 13.4. The number of hydrogen-bond acceptors (Lipinski definition) is 1. The highest BCUT2D eigenvalue weighted by Gasteiger charge is 2.25. The second-order valence-corrected chi connectivity index (χ2v) is 5.05. The maximum absolute atomic E-state index is 13.6. The van der Waals surface area contributed by atoms with E-state index in [4.69, 9.17) is 0 Å². The summed E-state index contributed by atoms with van der Waals surface area (Å²) in [6, 6.07) is 3.80. The summed E-state index contributed by atoms with van der Waals surface area (Å²) >= 11 is 0. The maximum atomic E-state index is 13.6. The molecular weight excluding hydrogens is 239 g/mol. The van der Waals surface area contributed by atoms with Gasteiger partial charge in [0.1, 0.15) is 5.82 Å². The minimum absolute atomic E-state index is 0.116. The van der Waals surface area contributed by atoms with Crippen LogP contribution in [-0.4, -0.2) is 12.6 Å². The van der Waals surface area contributed by atoms with E-state index in [1.54, 1.807) is 0 Å². The first-order valence-electron chi connectivity index (χ1n) is 6.37. The van der Waals surface area contributed by atoms with E-state index in [9.17, 15) is 13.2 Å². The van der Waals surface area contributed by atoms with Gasteiger partial charge in [-0.1, -0.05) is 12.5 Å². The largest absolute Gasteiger partial charge is 0.314 e. The molecule has 1 heterocycles. The Kier molecular flexibility index (Phi) is 3.95. The van der Waals surface area contributed by atoms with Crippen molar-refractivity contribution in [2.45, 2.75) is 44.6 Å². The Balaban J connectivity index is 2.15. The molecule has 1 aliphatic heterocycles. The first-order valence-corrected chi connectivity index (χ1v) is 6.37. The number of rotatable bonds is 3. The number of halogens is 3. The summed E-state index contributed by atoms with van der Waals surface area (Å²) in [6.07, 6.45) is 3.71. The smallest absolute Gasteiger partial charge is 0.270 e. The predicted molar refractivity (Wildman–Crippen MR) is 65.3 cm³/mol. The van der Waals surface area contributed by atoms with Crippen LogP contribution in [0.2, 0.25) is 0 Å². The van der Waals surface area contributed by atoms with E-state index in [0.717, 1.165) is 44.9 Å². The standard InChI is InChI=1S/C14H18F3N/c1-14(16,17)11-5-6-13(15)10(8-11)9-12-4-2-3-7-18-12/h5-6,8,12,18H,2-4,7,9H2,1H3. The molecule has 0 spiro atoms. The van der Waals surface area contributed by atoms with E-state index in [1.165, 1.54) is 6.07 Å². The molecule has 0 aliphatic carbocycles. The third-order valence-corrected chi connectivity index (χ3v) is 3.43. The lowest BCUT2D eigenvalue weighted by molar-refractivity contribution is 0.0173. The van der Waals surface area contributed by atoms with Gasteiger partial charge >= 0.3 is 0 Å². The highest BCUT2D eigenvalue weighted by atomic mass is 19.3. The zero-order chi connectivity index (χ0) is 13.2. The summed E-state index contributed by atoms with van der Waals surface area (Å²) < 4.78 is 40.1. The van der Waals surface area contributed by atoms with Crippen LogP contribution in [0, 0.1) is 5.82 Å². The average molecular weight is 257 g/mol. The fraction of sp³-hybridized carbons (Fsp3) is 0.571. The zero-order valence-corrected chi connectivity index (χ0v) is 10.5. The number of alkyl halides is 2. The molecule has 1 unspecified atom stereocenters. The average Bonchev–Trinajstić information content (AvgIpc) is 2.32. The summed E-state index contributed by atoms with van der Waals surface area (Å²) in [4.78, 5) is 0. The molecule has 1 aromatic rings. The predicted octanol–water partition coefficient (Wildman–Crippen LogP) is 3.62. The highest BCUT2D eigenvalue weighted by Crippen LogP contribution is 2.29. The summed E-state index contributed by atoms with van der Waals surface area (Å²) in [5, 5.41) is 3.30. The Morgan fingerprint density at radius 1 is 1.33 bits per heavy atom. The van der Waals surface area contributed by atoms with E-state index in [0.29, 0.717) is 12.0 Å². The van der Waals surface area contributed by atoms with Crippen LogP contribution in [0.25, 0.3) is 0 Å². The van der Waals surface area contributed by atoms with E-state index in [-0.39, 0.29) is 11.6 Å². The van der Waals surface area contributed by atoms with E-state index in [2.05, 4.69) is 5.32 Å². The van der Waals surface area contributed by atoms with Crippen LogP contribution in [0.1, 0.15) is 37.3 Å². The van der Waals surface area contributed by atoms with E-state index < -0.39 is 11.7 Å². The molecule has 0 bridgehead atoms. The Morgan fingerprint density at radius 2 is 2.11 bits per heavy atom. The van der Waals surface area contributed by atoms with Gasteiger partial charge in [-0.2, -0.15) is 0 Å². The topological polar surface area (TPSA) is 12.0 Å². The summed E-state index contributed by atoms with van der Waals surface area (Å²) in [5.41, 5.74) is 0.267. The van der Waals surface area contributed by atoms with Crippen LogP contribution in [-0.2, 0) is 12.3 Å². The molecule has 1 fully saturated rings. The number of nitrogens with one attached hydrogen (secondary N) is 1. The number of hydrogen-bond donors (Lipinski definition) is 1. The fourth-order valence-electron chi connectivity index (χ4n) is 2.37. The van der Waals surface area contributed by atoms with Crippen LogP contribution in [0.3, 0.4) is 0 Å². The van der Waals surface area contributed by atoms with Gasteiger partial charge in [-0.15, -0.1) is 0 Å². The van der Waals surface area contributed by atoms with Crippen LogP contribution in [0.4, 0.5) is 13.2 Å². The van der Waals surface area contributed by atoms with Crippen molar-refractivity contribution < 1.29 is 13.2 Å². The molecule has 1 atom stereocenters. The van der Waals surface area contributed by atoms with Gasteiger partial charge in [0.2, 0.25) is 0 Å². The lowest BCUT2D eigenvalue weighted by Gasteiger charge is -2.24. The molecule has 1 saturated heterocycles. The molecule has 1 aliphatic rings. The summed E-state index contributed by atoms with van der Waals surface area (Å²) in [7, 11) is 0. The number of piperidine rings is 1. The highest BCUT2D eigenvalue weighted by molar-refractivity contribution is 5.28. The van der Waals surface area contributed by atoms with Crippen LogP contribution in [0.15, 0.2) is 18.2 Å². The van der Waals surface area contributed by atoms with E-state index in [1.807, 2.05) is 0 Å². The van der Waals surface area contributed by atoms with Crippen molar-refractivity contribution in [3.05, 3.63) is 35.1 Å². The van der Waals surface area contributed by atoms with Gasteiger partial charge in [0.05, 0.1) is 0 Å². The Morgan fingerprint density at radius 3 is 2.72 bits per heavy atom. The molecule has 18 heavy (non-hydrogen) atoms. The van der Waals surface area contributed by atoms with Crippen molar-refractivity contribution in [2.24, 2.45) is 0 Å². The van der Waals surface area contributed by atoms with Crippen LogP contribution >= 0.6 is 0 Å². The van der Waals surface area contributed by atoms with Crippen molar-refractivity contribution in [1.29, 1.82) is 0 Å². The second-order valence-electron chi connectivity index (χ2n) is 5.05. The van der Waals surface area contributed by atoms with Crippen molar-refractivity contribution >= 4 is 0 Å². The summed E-state index contributed by atoms with van der Waals surface area (Å²) in [6.45, 7) is 1.76. The summed E-state index contributed by atoms with van der Waals surface area (Å²) in [5.74, 6) is -3.31. The lowest BCUT2D eigenvalue weighted by Crippen LogP contribution is -2.35. The third-order valence-electron chi connectivity index (χ3n) is 3.43. The molecule has 2 rings (SSSR count). The minimum Gasteiger partial charge on any atom is -0.314 e. The quantitative estimate of drug-likeness (QED) is 0.872. The van der Waals surface area contributed by atoms with Crippen molar-refractivity contribution in [3.63, 3.8) is 0 Å². The van der Waals surface area contributed by atoms with Crippen molar-refractivity contribution in [2.75, 3.05) is 6.54 Å². The normalized spacial score (nSPS) is 21.0. The lowest BCUT2D eigenvalue weighted by atomic mass is 9.95. The molecule has 1 aromatic carbocycles. The van der Waals surface area contributed by atoms with Gasteiger partial charge in [-0.05, 0) is 43.5 Å². The van der Waals surface area contributed by atoms with Gasteiger partial charge in [0, 0.05) is 18.5 Å². The monoisotopic (exact) mass is 257 g/mol. The SMILES string of the molecule is CC(F)(F)c1ccc(F)c(CC2CCCCN2)c1. The van der Waals surface area contributed by atoms with Crippen LogP contribution in [0.5, 0.6) is 0 Å². The Hall–Kier alpha value is -1.03.